The number of rotatable bonds is 7. The van der Waals surface area contributed by atoms with E-state index in [1.807, 2.05) is 13.0 Å². The van der Waals surface area contributed by atoms with Gasteiger partial charge in [0.2, 0.25) is 0 Å². The summed E-state index contributed by atoms with van der Waals surface area (Å²) < 4.78 is 19.3. The van der Waals surface area contributed by atoms with Crippen LogP contribution in [0.5, 0.6) is 0 Å². The van der Waals surface area contributed by atoms with Crippen LogP contribution < -0.4 is 10.6 Å². The molecular formula is C20H27FN4OS. The summed E-state index contributed by atoms with van der Waals surface area (Å²) in [7, 11) is 0. The zero-order valence-corrected chi connectivity index (χ0v) is 16.5. The minimum Gasteiger partial charge on any atom is -0.379 e. The normalized spacial score (nSPS) is 16.9. The summed E-state index contributed by atoms with van der Waals surface area (Å²) in [5.41, 5.74) is 2.17. The van der Waals surface area contributed by atoms with Gasteiger partial charge < -0.3 is 15.4 Å². The number of ether oxygens (including phenoxy) is 1. The summed E-state index contributed by atoms with van der Waals surface area (Å²) in [6.07, 6.45) is 0. The summed E-state index contributed by atoms with van der Waals surface area (Å²) in [4.78, 5) is 7.01. The second-order valence-electron chi connectivity index (χ2n) is 6.43. The smallest absolute Gasteiger partial charge is 0.191 e. The number of benzene rings is 1. The van der Waals surface area contributed by atoms with Crippen molar-refractivity contribution >= 4 is 17.3 Å². The molecule has 1 aromatic heterocycles. The zero-order chi connectivity index (χ0) is 18.9. The maximum Gasteiger partial charge on any atom is 0.191 e. The monoisotopic (exact) mass is 390 g/mol. The van der Waals surface area contributed by atoms with E-state index in [2.05, 4.69) is 37.4 Å². The quantitative estimate of drug-likeness (QED) is 0.564. The molecule has 0 spiro atoms. The van der Waals surface area contributed by atoms with Gasteiger partial charge in [0.15, 0.2) is 5.96 Å². The molecule has 1 atom stereocenters. The number of halogens is 1. The average Bonchev–Trinajstić information content (AvgIpc) is 3.21. The molecule has 0 saturated carbocycles. The van der Waals surface area contributed by atoms with Gasteiger partial charge in [-0.25, -0.2) is 9.38 Å². The van der Waals surface area contributed by atoms with Gasteiger partial charge in [-0.3, -0.25) is 4.90 Å². The average molecular weight is 391 g/mol. The van der Waals surface area contributed by atoms with E-state index >= 15 is 0 Å². The van der Waals surface area contributed by atoms with Crippen molar-refractivity contribution in [2.24, 2.45) is 4.99 Å². The molecule has 1 unspecified atom stereocenters. The Balaban J connectivity index is 1.70. The maximum absolute atomic E-state index is 13.8. The lowest BCUT2D eigenvalue weighted by molar-refractivity contribution is 0.0169. The second-order valence-corrected chi connectivity index (χ2v) is 7.21. The van der Waals surface area contributed by atoms with Crippen LogP contribution in [0.15, 0.2) is 46.1 Å². The van der Waals surface area contributed by atoms with Gasteiger partial charge >= 0.3 is 0 Å². The van der Waals surface area contributed by atoms with Crippen molar-refractivity contribution in [1.82, 2.24) is 15.5 Å². The highest BCUT2D eigenvalue weighted by Crippen LogP contribution is 2.22. The molecule has 2 aromatic rings. The van der Waals surface area contributed by atoms with Crippen LogP contribution in [0.3, 0.4) is 0 Å². The van der Waals surface area contributed by atoms with Crippen LogP contribution >= 0.6 is 11.3 Å². The van der Waals surface area contributed by atoms with Crippen LogP contribution in [0.2, 0.25) is 0 Å². The van der Waals surface area contributed by atoms with E-state index in [0.717, 1.165) is 31.2 Å². The minimum absolute atomic E-state index is 0.0644. The van der Waals surface area contributed by atoms with Gasteiger partial charge in [0.05, 0.1) is 25.8 Å². The second kappa shape index (κ2) is 10.4. The fraction of sp³-hybridized carbons (Fsp3) is 0.450. The number of nitrogens with zero attached hydrogens (tertiary/aromatic N) is 2. The molecule has 5 nitrogen and oxygen atoms in total. The van der Waals surface area contributed by atoms with E-state index < -0.39 is 0 Å². The first-order valence-corrected chi connectivity index (χ1v) is 10.3. The van der Waals surface area contributed by atoms with E-state index in [1.54, 1.807) is 23.5 Å². The molecule has 1 saturated heterocycles. The molecule has 0 amide bonds. The van der Waals surface area contributed by atoms with Crippen molar-refractivity contribution in [1.29, 1.82) is 0 Å². The van der Waals surface area contributed by atoms with Crippen molar-refractivity contribution in [2.45, 2.75) is 19.5 Å². The molecule has 1 fully saturated rings. The Morgan fingerprint density at radius 2 is 2.15 bits per heavy atom. The number of guanidine groups is 1. The molecular weight excluding hydrogens is 363 g/mol. The number of hydrogen-bond acceptors (Lipinski definition) is 4. The van der Waals surface area contributed by atoms with Gasteiger partial charge in [-0.2, -0.15) is 11.3 Å². The van der Waals surface area contributed by atoms with Crippen LogP contribution in [0.25, 0.3) is 0 Å². The number of thiophene rings is 1. The first-order chi connectivity index (χ1) is 13.3. The molecule has 146 valence electrons. The Hall–Kier alpha value is -1.96. The topological polar surface area (TPSA) is 48.9 Å². The number of hydrogen-bond donors (Lipinski definition) is 2. The molecule has 2 N–H and O–H groups in total. The molecule has 0 radical (unpaired) electrons. The molecule has 1 aliphatic heterocycles. The highest BCUT2D eigenvalue weighted by atomic mass is 32.1. The molecule has 3 rings (SSSR count). The van der Waals surface area contributed by atoms with Crippen LogP contribution in [-0.2, 0) is 11.3 Å². The number of morpholine rings is 1. The van der Waals surface area contributed by atoms with E-state index in [-0.39, 0.29) is 11.9 Å². The zero-order valence-electron chi connectivity index (χ0n) is 15.7. The predicted molar refractivity (Wildman–Crippen MR) is 109 cm³/mol. The predicted octanol–water partition coefficient (Wildman–Crippen LogP) is 3.02. The maximum atomic E-state index is 13.8. The standard InChI is InChI=1S/C20H27FN4OS/c1-2-22-20(23-13-16-6-11-27-15-16)24-14-19(25-7-9-26-10-8-25)17-4-3-5-18(21)12-17/h3-6,11-12,15,19H,2,7-10,13-14H2,1H3,(H2,22,23,24). The summed E-state index contributed by atoms with van der Waals surface area (Å²) in [6.45, 7) is 7.22. The van der Waals surface area contributed by atoms with Gasteiger partial charge in [-0.15, -0.1) is 0 Å². The van der Waals surface area contributed by atoms with Crippen molar-refractivity contribution in [2.75, 3.05) is 39.4 Å². The summed E-state index contributed by atoms with van der Waals surface area (Å²) >= 11 is 1.68. The molecule has 1 aromatic carbocycles. The Kier molecular flexibility index (Phi) is 7.62. The van der Waals surface area contributed by atoms with Crippen LogP contribution in [0.4, 0.5) is 4.39 Å². The Bertz CT molecular complexity index is 717. The van der Waals surface area contributed by atoms with Crippen molar-refractivity contribution in [3.8, 4) is 0 Å². The van der Waals surface area contributed by atoms with Crippen molar-refractivity contribution in [3.63, 3.8) is 0 Å². The number of aliphatic imine (C=N–C) groups is 1. The fourth-order valence-electron chi connectivity index (χ4n) is 3.15. The van der Waals surface area contributed by atoms with E-state index in [1.165, 1.54) is 11.6 Å². The number of nitrogens with one attached hydrogen (secondary N) is 2. The van der Waals surface area contributed by atoms with Gasteiger partial charge in [-0.1, -0.05) is 12.1 Å². The van der Waals surface area contributed by atoms with E-state index in [4.69, 9.17) is 4.74 Å². The highest BCUT2D eigenvalue weighted by Gasteiger charge is 2.23. The molecule has 0 bridgehead atoms. The minimum atomic E-state index is -0.205. The first-order valence-electron chi connectivity index (χ1n) is 9.36. The Morgan fingerprint density at radius 1 is 1.30 bits per heavy atom. The molecule has 0 aliphatic carbocycles. The third-order valence-electron chi connectivity index (χ3n) is 4.53. The summed E-state index contributed by atoms with van der Waals surface area (Å²) in [6, 6.07) is 9.02. The van der Waals surface area contributed by atoms with Gasteiger partial charge in [0.1, 0.15) is 5.82 Å². The van der Waals surface area contributed by atoms with Gasteiger partial charge in [0.25, 0.3) is 0 Å². The van der Waals surface area contributed by atoms with Crippen LogP contribution in [0.1, 0.15) is 24.1 Å². The van der Waals surface area contributed by atoms with Crippen LogP contribution in [-0.4, -0.2) is 50.3 Å². The van der Waals surface area contributed by atoms with E-state index in [0.29, 0.717) is 26.3 Å². The van der Waals surface area contributed by atoms with Gasteiger partial charge in [0, 0.05) is 26.2 Å². The Morgan fingerprint density at radius 3 is 2.85 bits per heavy atom. The summed E-state index contributed by atoms with van der Waals surface area (Å²) in [5.74, 6) is 0.571. The molecule has 27 heavy (non-hydrogen) atoms. The summed E-state index contributed by atoms with van der Waals surface area (Å²) in [5, 5.41) is 10.9. The van der Waals surface area contributed by atoms with Crippen molar-refractivity contribution < 1.29 is 9.13 Å². The third-order valence-corrected chi connectivity index (χ3v) is 5.26. The lowest BCUT2D eigenvalue weighted by atomic mass is 10.0. The third kappa shape index (κ3) is 6.02. The highest BCUT2D eigenvalue weighted by molar-refractivity contribution is 7.07. The first kappa shape index (κ1) is 19.8. The molecule has 1 aliphatic rings. The Labute approximate surface area is 164 Å². The van der Waals surface area contributed by atoms with Crippen LogP contribution in [0, 0.1) is 5.82 Å². The SMILES string of the molecule is CCNC(=NCc1ccsc1)NCC(c1cccc(F)c1)N1CCOCC1. The lowest BCUT2D eigenvalue weighted by Gasteiger charge is -2.35. The van der Waals surface area contributed by atoms with Crippen molar-refractivity contribution in [3.05, 3.63) is 58.0 Å². The molecule has 7 heteroatoms. The van der Waals surface area contributed by atoms with Gasteiger partial charge in [-0.05, 0) is 47.0 Å². The largest absolute Gasteiger partial charge is 0.379 e. The lowest BCUT2D eigenvalue weighted by Crippen LogP contribution is -2.46. The molecule has 2 heterocycles. The fourth-order valence-corrected chi connectivity index (χ4v) is 3.81. The van der Waals surface area contributed by atoms with E-state index in [9.17, 15) is 4.39 Å².